The van der Waals surface area contributed by atoms with E-state index in [0.717, 1.165) is 56.2 Å². The van der Waals surface area contributed by atoms with Gasteiger partial charge in [0.05, 0.1) is 19.4 Å². The number of nitrogens with zero attached hydrogens (tertiary/aromatic N) is 2. The zero-order chi connectivity index (χ0) is 22.1. The summed E-state index contributed by atoms with van der Waals surface area (Å²) in [6.07, 6.45) is 3.45. The predicted molar refractivity (Wildman–Crippen MR) is 119 cm³/mol. The van der Waals surface area contributed by atoms with Crippen LogP contribution in [0.4, 0.5) is 5.69 Å². The molecule has 31 heavy (non-hydrogen) atoms. The van der Waals surface area contributed by atoms with Gasteiger partial charge in [0, 0.05) is 45.0 Å². The molecule has 0 bridgehead atoms. The zero-order valence-corrected chi connectivity index (χ0v) is 18.3. The molecule has 3 rings (SSSR count). The second kappa shape index (κ2) is 11.4. The Morgan fingerprint density at radius 3 is 2.39 bits per heavy atom. The van der Waals surface area contributed by atoms with Crippen LogP contribution in [0.5, 0.6) is 5.75 Å². The number of anilines is 1. The molecule has 0 aliphatic carbocycles. The summed E-state index contributed by atoms with van der Waals surface area (Å²) in [5, 5.41) is 5.42. The Kier molecular flexibility index (Phi) is 8.35. The highest BCUT2D eigenvalue weighted by Gasteiger charge is 2.28. The van der Waals surface area contributed by atoms with Crippen molar-refractivity contribution in [1.29, 1.82) is 0 Å². The van der Waals surface area contributed by atoms with Gasteiger partial charge in [-0.3, -0.25) is 14.5 Å². The van der Waals surface area contributed by atoms with E-state index in [0.29, 0.717) is 13.1 Å². The molecule has 1 atom stereocenters. The molecule has 0 radical (unpaired) electrons. The first-order valence-electron chi connectivity index (χ1n) is 10.8. The van der Waals surface area contributed by atoms with Gasteiger partial charge in [0.2, 0.25) is 0 Å². The molecule has 2 heterocycles. The summed E-state index contributed by atoms with van der Waals surface area (Å²) in [5.74, 6) is 0.430. The molecular weight excluding hydrogens is 396 g/mol. The molecular formula is C23H32N4O4. The Balaban J connectivity index is 1.56. The molecule has 0 unspecified atom stereocenters. The third-order valence-electron chi connectivity index (χ3n) is 5.54. The SMILES string of the molecule is CCCCNC(=O)C(=O)NC[C@@H](c1ccco1)N1CCN(c2ccc(OC)cc2)CC1. The highest BCUT2D eigenvalue weighted by atomic mass is 16.5. The van der Waals surface area contributed by atoms with Crippen molar-refractivity contribution in [2.75, 3.05) is 51.3 Å². The van der Waals surface area contributed by atoms with Crippen molar-refractivity contribution in [3.05, 3.63) is 48.4 Å². The summed E-state index contributed by atoms with van der Waals surface area (Å²) in [7, 11) is 1.66. The van der Waals surface area contributed by atoms with Gasteiger partial charge in [-0.05, 0) is 42.8 Å². The number of hydrogen-bond donors (Lipinski definition) is 2. The van der Waals surface area contributed by atoms with Crippen LogP contribution in [-0.4, -0.2) is 63.1 Å². The monoisotopic (exact) mass is 428 g/mol. The Morgan fingerprint density at radius 1 is 1.06 bits per heavy atom. The number of amides is 2. The number of benzene rings is 1. The second-order valence-corrected chi connectivity index (χ2v) is 7.57. The summed E-state index contributed by atoms with van der Waals surface area (Å²) in [6.45, 7) is 6.21. The summed E-state index contributed by atoms with van der Waals surface area (Å²) in [5.41, 5.74) is 1.16. The number of methoxy groups -OCH3 is 1. The maximum absolute atomic E-state index is 12.2. The van der Waals surface area contributed by atoms with Crippen molar-refractivity contribution in [3.63, 3.8) is 0 Å². The van der Waals surface area contributed by atoms with Crippen LogP contribution in [0, 0.1) is 0 Å². The maximum Gasteiger partial charge on any atom is 0.309 e. The molecule has 0 spiro atoms. The third kappa shape index (κ3) is 6.24. The van der Waals surface area contributed by atoms with E-state index in [9.17, 15) is 9.59 Å². The molecule has 1 aromatic heterocycles. The predicted octanol–water partition coefficient (Wildman–Crippen LogP) is 2.18. The topological polar surface area (TPSA) is 87.0 Å². The first-order chi connectivity index (χ1) is 15.1. The number of carbonyl (C=O) groups is 2. The van der Waals surface area contributed by atoms with Crippen LogP contribution in [-0.2, 0) is 9.59 Å². The maximum atomic E-state index is 12.2. The number of hydrogen-bond acceptors (Lipinski definition) is 6. The molecule has 1 aliphatic heterocycles. The molecule has 1 fully saturated rings. The van der Waals surface area contributed by atoms with E-state index in [1.54, 1.807) is 13.4 Å². The van der Waals surface area contributed by atoms with E-state index < -0.39 is 11.8 Å². The van der Waals surface area contributed by atoms with Crippen LogP contribution in [0.3, 0.4) is 0 Å². The minimum Gasteiger partial charge on any atom is -0.497 e. The number of carbonyl (C=O) groups excluding carboxylic acids is 2. The Morgan fingerprint density at radius 2 is 1.77 bits per heavy atom. The van der Waals surface area contributed by atoms with E-state index in [2.05, 4.69) is 32.6 Å². The number of ether oxygens (including phenoxy) is 1. The van der Waals surface area contributed by atoms with E-state index in [1.807, 2.05) is 31.2 Å². The summed E-state index contributed by atoms with van der Waals surface area (Å²) >= 11 is 0. The molecule has 8 nitrogen and oxygen atoms in total. The number of nitrogens with one attached hydrogen (secondary N) is 2. The lowest BCUT2D eigenvalue weighted by Crippen LogP contribution is -2.50. The Labute approximate surface area is 183 Å². The van der Waals surface area contributed by atoms with Crippen molar-refractivity contribution in [2.24, 2.45) is 0 Å². The van der Waals surface area contributed by atoms with Crippen LogP contribution in [0.1, 0.15) is 31.6 Å². The normalized spacial score (nSPS) is 15.4. The first kappa shape index (κ1) is 22.7. The molecule has 2 amide bonds. The highest BCUT2D eigenvalue weighted by Crippen LogP contribution is 2.25. The molecule has 2 N–H and O–H groups in total. The molecule has 1 saturated heterocycles. The van der Waals surface area contributed by atoms with Gasteiger partial charge in [-0.2, -0.15) is 0 Å². The van der Waals surface area contributed by atoms with Crippen molar-refractivity contribution >= 4 is 17.5 Å². The molecule has 8 heteroatoms. The molecule has 1 aromatic carbocycles. The number of unbranched alkanes of at least 4 members (excludes halogenated alkanes) is 1. The van der Waals surface area contributed by atoms with Gasteiger partial charge < -0.3 is 24.7 Å². The second-order valence-electron chi connectivity index (χ2n) is 7.57. The van der Waals surface area contributed by atoms with Gasteiger partial charge in [0.25, 0.3) is 0 Å². The lowest BCUT2D eigenvalue weighted by atomic mass is 10.1. The van der Waals surface area contributed by atoms with Gasteiger partial charge in [-0.1, -0.05) is 13.3 Å². The molecule has 0 saturated carbocycles. The fraction of sp³-hybridized carbons (Fsp3) is 0.478. The average molecular weight is 429 g/mol. The van der Waals surface area contributed by atoms with E-state index >= 15 is 0 Å². The lowest BCUT2D eigenvalue weighted by molar-refractivity contribution is -0.139. The summed E-state index contributed by atoms with van der Waals surface area (Å²) in [4.78, 5) is 28.8. The van der Waals surface area contributed by atoms with Gasteiger partial charge in [-0.25, -0.2) is 0 Å². The van der Waals surface area contributed by atoms with Gasteiger partial charge in [0.1, 0.15) is 11.5 Å². The van der Waals surface area contributed by atoms with Crippen LogP contribution in [0.25, 0.3) is 0 Å². The largest absolute Gasteiger partial charge is 0.497 e. The van der Waals surface area contributed by atoms with Gasteiger partial charge in [-0.15, -0.1) is 0 Å². The average Bonchev–Trinajstić information content (AvgIpc) is 3.34. The minimum atomic E-state index is -0.607. The van der Waals surface area contributed by atoms with Crippen molar-refractivity contribution < 1.29 is 18.7 Å². The van der Waals surface area contributed by atoms with Crippen LogP contribution in [0.2, 0.25) is 0 Å². The first-order valence-corrected chi connectivity index (χ1v) is 10.8. The number of rotatable bonds is 9. The standard InChI is InChI=1S/C23H32N4O4/c1-3-4-11-24-22(28)23(29)25-17-20(21-6-5-16-31-21)27-14-12-26(13-15-27)18-7-9-19(30-2)10-8-18/h5-10,16,20H,3-4,11-15,17H2,1-2H3,(H,24,28)(H,25,29)/t20-/m0/s1. The van der Waals surface area contributed by atoms with Crippen molar-refractivity contribution in [2.45, 2.75) is 25.8 Å². The Bertz CT molecular complexity index is 815. The molecule has 1 aliphatic rings. The zero-order valence-electron chi connectivity index (χ0n) is 18.3. The number of piperazine rings is 1. The molecule has 168 valence electrons. The van der Waals surface area contributed by atoms with Crippen molar-refractivity contribution in [1.82, 2.24) is 15.5 Å². The van der Waals surface area contributed by atoms with Crippen LogP contribution in [0.15, 0.2) is 47.1 Å². The van der Waals surface area contributed by atoms with Gasteiger partial charge >= 0.3 is 11.8 Å². The Hall–Kier alpha value is -3.00. The fourth-order valence-corrected chi connectivity index (χ4v) is 3.70. The van der Waals surface area contributed by atoms with Crippen LogP contribution < -0.4 is 20.3 Å². The minimum absolute atomic E-state index is 0.125. The lowest BCUT2D eigenvalue weighted by Gasteiger charge is -2.39. The van der Waals surface area contributed by atoms with Gasteiger partial charge in [0.15, 0.2) is 0 Å². The summed E-state index contributed by atoms with van der Waals surface area (Å²) < 4.78 is 10.9. The highest BCUT2D eigenvalue weighted by molar-refractivity contribution is 6.35. The third-order valence-corrected chi connectivity index (χ3v) is 5.54. The quantitative estimate of drug-likeness (QED) is 0.470. The fourth-order valence-electron chi connectivity index (χ4n) is 3.70. The molecule has 2 aromatic rings. The van der Waals surface area contributed by atoms with Crippen LogP contribution >= 0.6 is 0 Å². The number of furan rings is 1. The smallest absolute Gasteiger partial charge is 0.309 e. The van der Waals surface area contributed by atoms with E-state index in [4.69, 9.17) is 9.15 Å². The summed E-state index contributed by atoms with van der Waals surface area (Å²) in [6, 6.07) is 11.7. The van der Waals surface area contributed by atoms with Crippen molar-refractivity contribution in [3.8, 4) is 5.75 Å². The van der Waals surface area contributed by atoms with E-state index in [-0.39, 0.29) is 6.04 Å². The van der Waals surface area contributed by atoms with E-state index in [1.165, 1.54) is 0 Å².